The molecule has 1 heterocycles. The maximum absolute atomic E-state index is 12.2. The summed E-state index contributed by atoms with van der Waals surface area (Å²) in [6.45, 7) is 6.05. The Morgan fingerprint density at radius 2 is 2.17 bits per heavy atom. The topological polar surface area (TPSA) is 75.5 Å². The highest BCUT2D eigenvalue weighted by Crippen LogP contribution is 2.34. The number of nitro groups is 1. The number of Topliss-reactive ketones (excluding diaryl/α,β-unsaturated/α-hetero) is 1. The fourth-order valence-electron chi connectivity index (χ4n) is 2.83. The lowest BCUT2D eigenvalue weighted by molar-refractivity contribution is -0.384. The summed E-state index contributed by atoms with van der Waals surface area (Å²) in [5, 5.41) is 14.8. The van der Waals surface area contributed by atoms with Crippen molar-refractivity contribution in [3.63, 3.8) is 0 Å². The number of thiocarbonyl (C=S) groups is 1. The van der Waals surface area contributed by atoms with Gasteiger partial charge in [0.05, 0.1) is 11.0 Å². The van der Waals surface area contributed by atoms with E-state index in [1.807, 2.05) is 18.7 Å². The number of rotatable bonds is 5. The first kappa shape index (κ1) is 18.4. The van der Waals surface area contributed by atoms with E-state index in [4.69, 9.17) is 23.8 Å². The van der Waals surface area contributed by atoms with Crippen molar-refractivity contribution in [2.24, 2.45) is 0 Å². The minimum Gasteiger partial charge on any atom is -0.351 e. The molecule has 8 heteroatoms. The van der Waals surface area contributed by atoms with E-state index in [1.54, 1.807) is 6.07 Å². The van der Waals surface area contributed by atoms with Crippen molar-refractivity contribution in [1.82, 2.24) is 10.2 Å². The van der Waals surface area contributed by atoms with E-state index in [1.165, 1.54) is 19.1 Å². The third-order valence-electron chi connectivity index (χ3n) is 3.92. The number of hydrogen-bond acceptors (Lipinski definition) is 4. The fourth-order valence-corrected chi connectivity index (χ4v) is 3.36. The molecule has 0 bridgehead atoms. The molecular weight excluding hydrogens is 350 g/mol. The van der Waals surface area contributed by atoms with Crippen LogP contribution in [-0.4, -0.2) is 27.3 Å². The van der Waals surface area contributed by atoms with Crippen molar-refractivity contribution < 1.29 is 9.72 Å². The van der Waals surface area contributed by atoms with E-state index < -0.39 is 11.0 Å². The Labute approximate surface area is 150 Å². The molecule has 1 aliphatic rings. The molecule has 1 aromatic carbocycles. The molecule has 0 aliphatic carbocycles. The first-order chi connectivity index (χ1) is 11.3. The number of benzene rings is 1. The minimum absolute atomic E-state index is 0.0554. The second-order valence-electron chi connectivity index (χ2n) is 5.56. The maximum Gasteiger partial charge on any atom is 0.288 e. The number of halogens is 1. The Kier molecular flexibility index (Phi) is 5.56. The Hall–Kier alpha value is -1.99. The van der Waals surface area contributed by atoms with Crippen molar-refractivity contribution in [2.45, 2.75) is 33.2 Å². The summed E-state index contributed by atoms with van der Waals surface area (Å²) in [7, 11) is 0. The van der Waals surface area contributed by atoms with Gasteiger partial charge in [0.15, 0.2) is 10.9 Å². The average Bonchev–Trinajstić information content (AvgIpc) is 2.50. The molecular formula is C16H18ClN3O3S. The summed E-state index contributed by atoms with van der Waals surface area (Å²) >= 11 is 11.3. The van der Waals surface area contributed by atoms with E-state index in [2.05, 4.69) is 5.32 Å². The van der Waals surface area contributed by atoms with Gasteiger partial charge in [0.2, 0.25) is 0 Å². The predicted octanol–water partition coefficient (Wildman–Crippen LogP) is 3.75. The molecule has 0 fully saturated rings. The summed E-state index contributed by atoms with van der Waals surface area (Å²) in [5.41, 5.74) is 1.71. The van der Waals surface area contributed by atoms with E-state index in [-0.39, 0.29) is 16.5 Å². The van der Waals surface area contributed by atoms with Crippen LogP contribution in [0.5, 0.6) is 0 Å². The van der Waals surface area contributed by atoms with Crippen LogP contribution in [-0.2, 0) is 4.79 Å². The number of hydrogen-bond donors (Lipinski definition) is 1. The summed E-state index contributed by atoms with van der Waals surface area (Å²) in [5.74, 6) is -0.105. The van der Waals surface area contributed by atoms with Crippen molar-refractivity contribution in [3.8, 4) is 0 Å². The van der Waals surface area contributed by atoms with Gasteiger partial charge in [0, 0.05) is 23.9 Å². The third-order valence-corrected chi connectivity index (χ3v) is 4.58. The lowest BCUT2D eigenvalue weighted by Crippen LogP contribution is -2.47. The number of nitrogens with zero attached hydrogens (tertiary/aromatic N) is 2. The van der Waals surface area contributed by atoms with Gasteiger partial charge in [0.25, 0.3) is 5.69 Å². The Bertz CT molecular complexity index is 748. The number of nitrogens with one attached hydrogen (secondary N) is 1. The molecule has 128 valence electrons. The molecule has 1 atom stereocenters. The zero-order chi connectivity index (χ0) is 18.0. The molecule has 1 aliphatic heterocycles. The van der Waals surface area contributed by atoms with Gasteiger partial charge in [-0.1, -0.05) is 24.6 Å². The molecule has 1 unspecified atom stereocenters. The van der Waals surface area contributed by atoms with Gasteiger partial charge in [-0.25, -0.2) is 0 Å². The van der Waals surface area contributed by atoms with Crippen LogP contribution in [0.1, 0.15) is 38.8 Å². The smallest absolute Gasteiger partial charge is 0.288 e. The highest BCUT2D eigenvalue weighted by atomic mass is 35.5. The van der Waals surface area contributed by atoms with E-state index in [0.717, 1.165) is 12.1 Å². The van der Waals surface area contributed by atoms with Crippen LogP contribution in [0.15, 0.2) is 29.5 Å². The second kappa shape index (κ2) is 7.27. The van der Waals surface area contributed by atoms with Crippen molar-refractivity contribution >= 4 is 40.4 Å². The highest BCUT2D eigenvalue weighted by molar-refractivity contribution is 7.80. The van der Waals surface area contributed by atoms with E-state index in [9.17, 15) is 14.9 Å². The first-order valence-electron chi connectivity index (χ1n) is 7.51. The van der Waals surface area contributed by atoms with Crippen LogP contribution in [0.3, 0.4) is 0 Å². The van der Waals surface area contributed by atoms with Crippen LogP contribution in [0, 0.1) is 10.1 Å². The molecule has 1 aromatic rings. The SMILES string of the molecule is CCCN1C(=S)NC(c2ccc(Cl)c([N+](=O)[O-])c2)C(C(C)=O)=C1C. The minimum atomic E-state index is -0.541. The number of ketones is 1. The number of carbonyl (C=O) groups is 1. The molecule has 0 saturated heterocycles. The molecule has 0 amide bonds. The van der Waals surface area contributed by atoms with Crippen LogP contribution >= 0.6 is 23.8 Å². The van der Waals surface area contributed by atoms with Gasteiger partial charge >= 0.3 is 0 Å². The fraction of sp³-hybridized carbons (Fsp3) is 0.375. The molecule has 6 nitrogen and oxygen atoms in total. The molecule has 24 heavy (non-hydrogen) atoms. The highest BCUT2D eigenvalue weighted by Gasteiger charge is 2.32. The summed E-state index contributed by atoms with van der Waals surface area (Å²) in [6, 6.07) is 3.99. The van der Waals surface area contributed by atoms with Gasteiger partial charge < -0.3 is 10.2 Å². The number of allylic oxidation sites excluding steroid dienone is 1. The Morgan fingerprint density at radius 1 is 1.50 bits per heavy atom. The van der Waals surface area contributed by atoms with Gasteiger partial charge in [-0.15, -0.1) is 0 Å². The zero-order valence-corrected chi connectivity index (χ0v) is 15.2. The van der Waals surface area contributed by atoms with Gasteiger partial charge in [-0.2, -0.15) is 0 Å². The molecule has 0 saturated carbocycles. The summed E-state index contributed by atoms with van der Waals surface area (Å²) in [6.07, 6.45) is 0.876. The van der Waals surface area contributed by atoms with Crippen LogP contribution < -0.4 is 5.32 Å². The predicted molar refractivity (Wildman–Crippen MR) is 97.0 cm³/mol. The van der Waals surface area contributed by atoms with E-state index in [0.29, 0.717) is 22.8 Å². The van der Waals surface area contributed by atoms with Crippen molar-refractivity contribution in [2.75, 3.05) is 6.54 Å². The zero-order valence-electron chi connectivity index (χ0n) is 13.6. The Balaban J connectivity index is 2.57. The molecule has 0 aromatic heterocycles. The molecule has 1 N–H and O–H groups in total. The number of carbonyl (C=O) groups excluding carboxylic acids is 1. The molecule has 0 spiro atoms. The van der Waals surface area contributed by atoms with Gasteiger partial charge in [-0.3, -0.25) is 14.9 Å². The quantitative estimate of drug-likeness (QED) is 0.485. The van der Waals surface area contributed by atoms with Crippen LogP contribution in [0.25, 0.3) is 0 Å². The molecule has 2 rings (SSSR count). The lowest BCUT2D eigenvalue weighted by atomic mass is 9.92. The van der Waals surface area contributed by atoms with Crippen LogP contribution in [0.4, 0.5) is 5.69 Å². The average molecular weight is 368 g/mol. The van der Waals surface area contributed by atoms with E-state index >= 15 is 0 Å². The lowest BCUT2D eigenvalue weighted by Gasteiger charge is -2.37. The third kappa shape index (κ3) is 3.42. The largest absolute Gasteiger partial charge is 0.351 e. The van der Waals surface area contributed by atoms with Crippen molar-refractivity contribution in [3.05, 3.63) is 50.2 Å². The standard InChI is InChI=1S/C16H18ClN3O3S/c1-4-7-19-9(2)14(10(3)21)15(18-16(19)24)11-5-6-12(17)13(8-11)20(22)23/h5-6,8,15H,4,7H2,1-3H3,(H,18,24). The Morgan fingerprint density at radius 3 is 2.71 bits per heavy atom. The number of nitro benzene ring substituents is 1. The normalized spacial score (nSPS) is 17.8. The van der Waals surface area contributed by atoms with Gasteiger partial charge in [0.1, 0.15) is 5.02 Å². The second-order valence-corrected chi connectivity index (χ2v) is 6.35. The first-order valence-corrected chi connectivity index (χ1v) is 8.30. The molecule has 0 radical (unpaired) electrons. The van der Waals surface area contributed by atoms with Crippen LogP contribution in [0.2, 0.25) is 5.02 Å². The van der Waals surface area contributed by atoms with Crippen molar-refractivity contribution in [1.29, 1.82) is 0 Å². The summed E-state index contributed by atoms with van der Waals surface area (Å²) < 4.78 is 0. The maximum atomic E-state index is 12.2. The summed E-state index contributed by atoms with van der Waals surface area (Å²) in [4.78, 5) is 24.7. The monoisotopic (exact) mass is 367 g/mol. The van der Waals surface area contributed by atoms with Gasteiger partial charge in [-0.05, 0) is 44.1 Å².